The molecule has 1 saturated heterocycles. The first kappa shape index (κ1) is 26.2. The average Bonchev–Trinajstić information content (AvgIpc) is 3.62. The summed E-state index contributed by atoms with van der Waals surface area (Å²) < 4.78 is 16.2. The highest BCUT2D eigenvalue weighted by molar-refractivity contribution is 6.10. The molecule has 2 aromatic heterocycles. The van der Waals surface area contributed by atoms with Crippen molar-refractivity contribution in [1.29, 1.82) is 0 Å². The average molecular weight is 550 g/mol. The van der Waals surface area contributed by atoms with Crippen LogP contribution < -0.4 is 10.2 Å². The number of piperazine rings is 1. The third-order valence-corrected chi connectivity index (χ3v) is 7.88. The van der Waals surface area contributed by atoms with Crippen LogP contribution in [0.4, 0.5) is 15.8 Å². The maximum absolute atomic E-state index is 14.7. The molecule has 3 aliphatic rings. The van der Waals surface area contributed by atoms with Gasteiger partial charge in [-0.2, -0.15) is 5.10 Å². The summed E-state index contributed by atoms with van der Waals surface area (Å²) in [6.45, 7) is 4.85. The van der Waals surface area contributed by atoms with Crippen molar-refractivity contribution >= 4 is 34.7 Å². The van der Waals surface area contributed by atoms with Gasteiger partial charge in [0.1, 0.15) is 11.7 Å². The molecule has 210 valence electrons. The summed E-state index contributed by atoms with van der Waals surface area (Å²) >= 11 is 0. The summed E-state index contributed by atoms with van der Waals surface area (Å²) in [7, 11) is 0. The summed E-state index contributed by atoms with van der Waals surface area (Å²) in [4.78, 5) is 48.9. The Hall–Kier alpha value is -4.06. The van der Waals surface area contributed by atoms with Crippen LogP contribution in [0.5, 0.6) is 0 Å². The molecule has 0 radical (unpaired) electrons. The van der Waals surface area contributed by atoms with Gasteiger partial charge < -0.3 is 25.1 Å². The Labute approximate surface area is 230 Å². The van der Waals surface area contributed by atoms with Crippen molar-refractivity contribution in [2.75, 3.05) is 42.9 Å². The number of fused-ring (bicyclic) bond motifs is 2. The zero-order chi connectivity index (χ0) is 28.2. The van der Waals surface area contributed by atoms with Crippen LogP contribution in [-0.2, 0) is 11.3 Å². The van der Waals surface area contributed by atoms with Gasteiger partial charge in [0.2, 0.25) is 5.91 Å². The number of carbonyl (C=O) groups excluding carboxylic acids is 3. The number of nitrogens with zero attached hydrogens (tertiary/aromatic N) is 6. The van der Waals surface area contributed by atoms with Crippen molar-refractivity contribution in [3.63, 3.8) is 0 Å². The number of nitrogens with one attached hydrogen (secondary N) is 1. The van der Waals surface area contributed by atoms with Gasteiger partial charge in [-0.15, -0.1) is 0 Å². The number of rotatable bonds is 7. The van der Waals surface area contributed by atoms with E-state index in [1.165, 1.54) is 29.5 Å². The fourth-order valence-electron chi connectivity index (χ4n) is 5.27. The molecule has 1 unspecified atom stereocenters. The lowest BCUT2D eigenvalue weighted by atomic mass is 10.0. The summed E-state index contributed by atoms with van der Waals surface area (Å²) in [5.41, 5.74) is 1.39. The van der Waals surface area contributed by atoms with Gasteiger partial charge in [0, 0.05) is 56.6 Å². The van der Waals surface area contributed by atoms with E-state index in [9.17, 15) is 23.9 Å². The molecule has 0 bridgehead atoms. The molecule has 12 heteroatoms. The summed E-state index contributed by atoms with van der Waals surface area (Å²) in [6, 6.07) is 5.23. The van der Waals surface area contributed by atoms with Crippen LogP contribution in [0.2, 0.25) is 0 Å². The highest BCUT2D eigenvalue weighted by atomic mass is 19.1. The van der Waals surface area contributed by atoms with E-state index in [2.05, 4.69) is 20.3 Å². The Kier molecular flexibility index (Phi) is 6.44. The number of aliphatic hydroxyl groups is 1. The predicted molar refractivity (Wildman–Crippen MR) is 145 cm³/mol. The summed E-state index contributed by atoms with van der Waals surface area (Å²) in [5.74, 6) is -0.381. The second-order valence-corrected chi connectivity index (χ2v) is 11.3. The lowest BCUT2D eigenvalue weighted by Crippen LogP contribution is -2.49. The number of aromatic nitrogens is 3. The van der Waals surface area contributed by atoms with Crippen molar-refractivity contribution in [2.45, 2.75) is 45.0 Å². The Morgan fingerprint density at radius 2 is 1.95 bits per heavy atom. The van der Waals surface area contributed by atoms with Gasteiger partial charge in [0.25, 0.3) is 11.8 Å². The minimum absolute atomic E-state index is 0.146. The predicted octanol–water partition coefficient (Wildman–Crippen LogP) is 2.10. The van der Waals surface area contributed by atoms with Crippen molar-refractivity contribution in [3.8, 4) is 0 Å². The lowest BCUT2D eigenvalue weighted by Gasteiger charge is -2.37. The molecular formula is C28H32FN7O4. The van der Waals surface area contributed by atoms with Crippen molar-refractivity contribution in [2.24, 2.45) is 5.92 Å². The molecule has 3 amide bonds. The van der Waals surface area contributed by atoms with Crippen molar-refractivity contribution < 1.29 is 23.9 Å². The largest absolute Gasteiger partial charge is 0.387 e. The molecule has 11 nitrogen and oxygen atoms in total. The molecule has 40 heavy (non-hydrogen) atoms. The molecule has 2 fully saturated rings. The van der Waals surface area contributed by atoms with Crippen LogP contribution >= 0.6 is 0 Å². The van der Waals surface area contributed by atoms with E-state index in [4.69, 9.17) is 0 Å². The number of alkyl halides is 1. The van der Waals surface area contributed by atoms with Gasteiger partial charge in [-0.3, -0.25) is 14.4 Å². The molecule has 2 N–H and O–H groups in total. The van der Waals surface area contributed by atoms with E-state index < -0.39 is 17.7 Å². The molecule has 1 saturated carbocycles. The number of carbonyl (C=O) groups is 3. The summed E-state index contributed by atoms with van der Waals surface area (Å²) in [5, 5.41) is 17.3. The zero-order valence-electron chi connectivity index (χ0n) is 22.5. The van der Waals surface area contributed by atoms with Crippen molar-refractivity contribution in [1.82, 2.24) is 24.4 Å². The van der Waals surface area contributed by atoms with Crippen LogP contribution in [0.1, 0.15) is 53.0 Å². The highest BCUT2D eigenvalue weighted by Crippen LogP contribution is 2.37. The minimum atomic E-state index is -1.62. The maximum Gasteiger partial charge on any atom is 0.261 e. The Morgan fingerprint density at radius 1 is 1.20 bits per heavy atom. The van der Waals surface area contributed by atoms with Crippen LogP contribution in [-0.4, -0.2) is 91.7 Å². The van der Waals surface area contributed by atoms with E-state index >= 15 is 0 Å². The summed E-state index contributed by atoms with van der Waals surface area (Å²) in [6.07, 6.45) is 5.02. The Bertz CT molecular complexity index is 1490. The van der Waals surface area contributed by atoms with E-state index in [1.807, 2.05) is 4.90 Å². The standard InChI is InChI=1S/C28H32FN7O4/c1-28(2,40)23(29)16-35-15-18-12-21(32-25(37)20-14-31-36-7-3-6-30-24(20)36)22(13-19(18)27(35)39)33-8-10-34(11-9-33)26(38)17-4-5-17/h3,6-7,12-14,17,23,40H,4-5,8-11,15-16H2,1-2H3,(H,32,37). The van der Waals surface area contributed by atoms with Crippen LogP contribution in [0.3, 0.4) is 0 Å². The molecule has 1 aromatic carbocycles. The van der Waals surface area contributed by atoms with Gasteiger partial charge in [0.15, 0.2) is 5.65 Å². The number of hydrogen-bond acceptors (Lipinski definition) is 7. The Balaban J connectivity index is 1.29. The fourth-order valence-corrected chi connectivity index (χ4v) is 5.27. The molecule has 3 aromatic rings. The molecule has 6 rings (SSSR count). The van der Waals surface area contributed by atoms with Gasteiger partial charge in [-0.05, 0) is 50.5 Å². The van der Waals surface area contributed by atoms with Gasteiger partial charge in [-0.1, -0.05) is 0 Å². The third-order valence-electron chi connectivity index (χ3n) is 7.88. The van der Waals surface area contributed by atoms with Crippen LogP contribution in [0.15, 0.2) is 36.8 Å². The topological polar surface area (TPSA) is 123 Å². The first-order valence-corrected chi connectivity index (χ1v) is 13.6. The van der Waals surface area contributed by atoms with Crippen LogP contribution in [0.25, 0.3) is 5.65 Å². The lowest BCUT2D eigenvalue weighted by molar-refractivity contribution is -0.132. The highest BCUT2D eigenvalue weighted by Gasteiger charge is 2.37. The SMILES string of the molecule is CC(C)(O)C(F)CN1Cc2cc(NC(=O)c3cnn4cccnc34)c(N3CCN(C(=O)C4CC4)CC3)cc2C1=O. The maximum atomic E-state index is 14.7. The minimum Gasteiger partial charge on any atom is -0.387 e. The molecule has 1 atom stereocenters. The van der Waals surface area contributed by atoms with E-state index in [1.54, 1.807) is 30.6 Å². The van der Waals surface area contributed by atoms with Crippen molar-refractivity contribution in [3.05, 3.63) is 53.5 Å². The van der Waals surface area contributed by atoms with E-state index in [0.717, 1.165) is 12.8 Å². The van der Waals surface area contributed by atoms with E-state index in [-0.39, 0.29) is 30.8 Å². The second-order valence-electron chi connectivity index (χ2n) is 11.3. The normalized spacial score (nSPS) is 18.3. The number of hydrogen-bond donors (Lipinski definition) is 2. The van der Waals surface area contributed by atoms with E-state index in [0.29, 0.717) is 59.9 Å². The van der Waals surface area contributed by atoms with Crippen LogP contribution in [0, 0.1) is 5.92 Å². The molecular weight excluding hydrogens is 517 g/mol. The molecule has 2 aliphatic heterocycles. The zero-order valence-corrected chi connectivity index (χ0v) is 22.5. The molecule has 1 aliphatic carbocycles. The van der Waals surface area contributed by atoms with Gasteiger partial charge in [0.05, 0.1) is 29.7 Å². The Morgan fingerprint density at radius 3 is 2.65 bits per heavy atom. The molecule has 4 heterocycles. The third kappa shape index (κ3) is 4.87. The number of anilines is 2. The first-order valence-electron chi connectivity index (χ1n) is 13.6. The molecule has 0 spiro atoms. The number of halogens is 1. The number of amides is 3. The second kappa shape index (κ2) is 9.84. The quantitative estimate of drug-likeness (QED) is 0.463. The fraction of sp³-hybridized carbons (Fsp3) is 0.464. The van der Waals surface area contributed by atoms with Gasteiger partial charge >= 0.3 is 0 Å². The first-order chi connectivity index (χ1) is 19.1. The monoisotopic (exact) mass is 549 g/mol. The number of benzene rings is 1. The smallest absolute Gasteiger partial charge is 0.261 e. The van der Waals surface area contributed by atoms with Gasteiger partial charge in [-0.25, -0.2) is 13.9 Å².